The van der Waals surface area contributed by atoms with Gasteiger partial charge in [0.15, 0.2) is 4.33 Å². The Morgan fingerprint density at radius 3 is 1.87 bits per heavy atom. The Morgan fingerprint density at radius 1 is 0.867 bits per heavy atom. The Balaban J connectivity index is 2.73. The summed E-state index contributed by atoms with van der Waals surface area (Å²) in [5, 5.41) is -0.186. The van der Waals surface area contributed by atoms with E-state index in [0.717, 1.165) is 0 Å². The van der Waals surface area contributed by atoms with Crippen LogP contribution < -0.4 is 0 Å². The van der Waals surface area contributed by atoms with Crippen molar-refractivity contribution in [3.8, 4) is 0 Å². The van der Waals surface area contributed by atoms with Gasteiger partial charge >= 0.3 is 0 Å². The summed E-state index contributed by atoms with van der Waals surface area (Å²) in [7, 11) is 0. The van der Waals surface area contributed by atoms with Gasteiger partial charge in [0.1, 0.15) is 5.03 Å². The summed E-state index contributed by atoms with van der Waals surface area (Å²) in [6, 6.07) is 0. The van der Waals surface area contributed by atoms with Crippen molar-refractivity contribution >= 4 is 75.4 Å². The van der Waals surface area contributed by atoms with Gasteiger partial charge < -0.3 is 0 Å². The van der Waals surface area contributed by atoms with E-state index in [0.29, 0.717) is 0 Å². The van der Waals surface area contributed by atoms with Crippen LogP contribution >= 0.6 is 69.6 Å². The van der Waals surface area contributed by atoms with Gasteiger partial charge in [0.25, 0.3) is 0 Å². The van der Waals surface area contributed by atoms with Crippen LogP contribution in [-0.4, -0.2) is 10.1 Å². The summed E-state index contributed by atoms with van der Waals surface area (Å²) >= 11 is 35.0. The molecular weight excluding hydrogens is 325 g/mol. The van der Waals surface area contributed by atoms with Crippen molar-refractivity contribution < 1.29 is 4.79 Å². The molecule has 15 heavy (non-hydrogen) atoms. The van der Waals surface area contributed by atoms with Gasteiger partial charge in [-0.3, -0.25) is 4.79 Å². The van der Waals surface area contributed by atoms with Crippen LogP contribution in [0, 0.1) is 0 Å². The van der Waals surface area contributed by atoms with Crippen LogP contribution in [0.4, 0.5) is 0 Å². The minimum atomic E-state index is -1.60. The smallest absolute Gasteiger partial charge is 0.207 e. The first kappa shape index (κ1) is 12.1. The van der Waals surface area contributed by atoms with E-state index in [1.54, 1.807) is 0 Å². The van der Waals surface area contributed by atoms with Crippen LogP contribution in [0.25, 0.3) is 0 Å². The van der Waals surface area contributed by atoms with Crippen LogP contribution in [0.15, 0.2) is 31.3 Å². The third kappa shape index (κ3) is 1.41. The number of hydrogen-bond acceptors (Lipinski definition) is 1. The number of carbonyl (C=O) groups excluding carboxylic acids is 1. The summed E-state index contributed by atoms with van der Waals surface area (Å²) in [6.45, 7) is 0. The molecule has 0 fully saturated rings. The lowest BCUT2D eigenvalue weighted by molar-refractivity contribution is -0.111. The van der Waals surface area contributed by atoms with Crippen LogP contribution in [-0.2, 0) is 4.79 Å². The molecular formula is C8Cl6O. The summed E-state index contributed by atoms with van der Waals surface area (Å²) < 4.78 is -1.60. The molecule has 0 aromatic carbocycles. The molecule has 0 aromatic rings. The Bertz CT molecular complexity index is 481. The molecule has 0 radical (unpaired) electrons. The Labute approximate surface area is 115 Å². The lowest BCUT2D eigenvalue weighted by Gasteiger charge is -2.16. The van der Waals surface area contributed by atoms with E-state index >= 15 is 0 Å². The highest BCUT2D eigenvalue weighted by Gasteiger charge is 2.51. The maximum absolute atomic E-state index is 11.6. The van der Waals surface area contributed by atoms with Crippen molar-refractivity contribution in [1.29, 1.82) is 0 Å². The van der Waals surface area contributed by atoms with E-state index < -0.39 is 10.1 Å². The molecule has 0 aliphatic heterocycles. The van der Waals surface area contributed by atoms with Gasteiger partial charge in [-0.1, -0.05) is 69.6 Å². The number of halogens is 6. The maximum atomic E-state index is 11.6. The molecule has 0 bridgehead atoms. The van der Waals surface area contributed by atoms with Crippen LogP contribution in [0.2, 0.25) is 0 Å². The standard InChI is InChI=1S/C8Cl6O/c9-3-1-2(8(13,14)7(3)12)4(10)5(11)6(1)15. The maximum Gasteiger partial charge on any atom is 0.207 e. The number of alkyl halides is 2. The molecule has 0 unspecified atom stereocenters. The van der Waals surface area contributed by atoms with E-state index in [1.807, 2.05) is 0 Å². The molecule has 0 aromatic heterocycles. The molecule has 0 saturated heterocycles. The van der Waals surface area contributed by atoms with Crippen molar-refractivity contribution in [3.05, 3.63) is 31.3 Å². The van der Waals surface area contributed by atoms with Crippen LogP contribution in [0.1, 0.15) is 0 Å². The normalized spacial score (nSPS) is 24.5. The average Bonchev–Trinajstić information content (AvgIpc) is 2.49. The number of allylic oxidation sites excluding steroid dienone is 6. The second kappa shape index (κ2) is 3.56. The molecule has 2 aliphatic rings. The Kier molecular flexibility index (Phi) is 2.87. The van der Waals surface area contributed by atoms with E-state index in [-0.39, 0.29) is 31.3 Å². The van der Waals surface area contributed by atoms with Gasteiger partial charge in [0.2, 0.25) is 5.78 Å². The molecule has 7 heteroatoms. The van der Waals surface area contributed by atoms with Gasteiger partial charge in [0.05, 0.1) is 20.7 Å². The molecule has 0 atom stereocenters. The largest absolute Gasteiger partial charge is 0.287 e. The average molecular weight is 325 g/mol. The number of hydrogen-bond donors (Lipinski definition) is 0. The first-order chi connectivity index (χ1) is 6.80. The zero-order valence-electron chi connectivity index (χ0n) is 6.68. The van der Waals surface area contributed by atoms with E-state index in [9.17, 15) is 4.79 Å². The molecule has 2 rings (SSSR count). The van der Waals surface area contributed by atoms with Crippen molar-refractivity contribution in [3.63, 3.8) is 0 Å². The third-order valence-corrected chi connectivity index (χ3v) is 4.82. The molecule has 0 amide bonds. The summed E-state index contributed by atoms with van der Waals surface area (Å²) in [5.41, 5.74) is 0.249. The number of carbonyl (C=O) groups is 1. The molecule has 80 valence electrons. The molecule has 0 saturated carbocycles. The molecule has 0 spiro atoms. The number of rotatable bonds is 0. The highest BCUT2D eigenvalue weighted by atomic mass is 35.5. The fraction of sp³-hybridized carbons (Fsp3) is 0.125. The van der Waals surface area contributed by atoms with Crippen molar-refractivity contribution in [2.24, 2.45) is 0 Å². The topological polar surface area (TPSA) is 17.1 Å². The number of ketones is 1. The second-order valence-corrected chi connectivity index (χ2v) is 5.75. The van der Waals surface area contributed by atoms with Gasteiger partial charge in [-0.15, -0.1) is 0 Å². The monoisotopic (exact) mass is 322 g/mol. The molecule has 0 heterocycles. The SMILES string of the molecule is O=C1C(Cl)=C(Cl)C2=C1C(Cl)=C(Cl)C2(Cl)Cl. The predicted octanol–water partition coefficient (Wildman–Crippen LogP) is 4.43. The van der Waals surface area contributed by atoms with Crippen molar-refractivity contribution in [2.45, 2.75) is 4.33 Å². The van der Waals surface area contributed by atoms with Crippen LogP contribution in [0.3, 0.4) is 0 Å². The highest BCUT2D eigenvalue weighted by Crippen LogP contribution is 2.58. The van der Waals surface area contributed by atoms with Gasteiger partial charge in [-0.05, 0) is 0 Å². The lowest BCUT2D eigenvalue weighted by Crippen LogP contribution is -2.13. The highest BCUT2D eigenvalue weighted by molar-refractivity contribution is 6.66. The third-order valence-electron chi connectivity index (χ3n) is 2.09. The minimum absolute atomic E-state index is 0.00420. The second-order valence-electron chi connectivity index (χ2n) is 2.91. The van der Waals surface area contributed by atoms with Crippen molar-refractivity contribution in [1.82, 2.24) is 0 Å². The van der Waals surface area contributed by atoms with E-state index in [2.05, 4.69) is 0 Å². The Hall–Kier alpha value is 0.630. The lowest BCUT2D eigenvalue weighted by atomic mass is 10.2. The van der Waals surface area contributed by atoms with Gasteiger partial charge in [-0.25, -0.2) is 0 Å². The zero-order valence-corrected chi connectivity index (χ0v) is 11.2. The van der Waals surface area contributed by atoms with Gasteiger partial charge in [0, 0.05) is 5.57 Å². The van der Waals surface area contributed by atoms with Crippen LogP contribution in [0.5, 0.6) is 0 Å². The predicted molar refractivity (Wildman–Crippen MR) is 63.9 cm³/mol. The quantitative estimate of drug-likeness (QED) is 0.602. The zero-order chi connectivity index (χ0) is 11.5. The minimum Gasteiger partial charge on any atom is -0.287 e. The molecule has 1 nitrogen and oxygen atoms in total. The fourth-order valence-corrected chi connectivity index (χ4v) is 3.19. The first-order valence-electron chi connectivity index (χ1n) is 3.59. The van der Waals surface area contributed by atoms with E-state index in [4.69, 9.17) is 69.6 Å². The molecule has 0 N–H and O–H groups in total. The number of Topliss-reactive ketones (excluding diaryl/α,β-unsaturated/α-hetero) is 1. The molecule has 2 aliphatic carbocycles. The Morgan fingerprint density at radius 2 is 1.40 bits per heavy atom. The van der Waals surface area contributed by atoms with Gasteiger partial charge in [-0.2, -0.15) is 0 Å². The summed E-state index contributed by atoms with van der Waals surface area (Å²) in [5.74, 6) is -0.511. The first-order valence-corrected chi connectivity index (χ1v) is 5.86. The summed E-state index contributed by atoms with van der Waals surface area (Å²) in [4.78, 5) is 11.6. The summed E-state index contributed by atoms with van der Waals surface area (Å²) in [6.07, 6.45) is 0. The fourth-order valence-electron chi connectivity index (χ4n) is 1.40. The van der Waals surface area contributed by atoms with E-state index in [1.165, 1.54) is 0 Å². The van der Waals surface area contributed by atoms with Crippen molar-refractivity contribution in [2.75, 3.05) is 0 Å².